The predicted molar refractivity (Wildman–Crippen MR) is 74.7 cm³/mol. The molecular formula is C14H28N4. The second-order valence-electron chi connectivity index (χ2n) is 6.68. The highest BCUT2D eigenvalue weighted by molar-refractivity contribution is 5.05. The van der Waals surface area contributed by atoms with Gasteiger partial charge in [-0.1, -0.05) is 0 Å². The van der Waals surface area contributed by atoms with Gasteiger partial charge in [0.15, 0.2) is 0 Å². The first-order valence-electron chi connectivity index (χ1n) is 7.54. The van der Waals surface area contributed by atoms with Gasteiger partial charge in [0, 0.05) is 56.9 Å². The van der Waals surface area contributed by atoms with Crippen LogP contribution in [0.5, 0.6) is 0 Å². The highest BCUT2D eigenvalue weighted by atomic mass is 15.4. The summed E-state index contributed by atoms with van der Waals surface area (Å²) in [4.78, 5) is 7.85. The van der Waals surface area contributed by atoms with Gasteiger partial charge in [-0.25, -0.2) is 0 Å². The van der Waals surface area contributed by atoms with Crippen molar-refractivity contribution in [1.82, 2.24) is 14.7 Å². The van der Waals surface area contributed by atoms with Crippen LogP contribution in [0.25, 0.3) is 0 Å². The van der Waals surface area contributed by atoms with Crippen LogP contribution in [0.3, 0.4) is 0 Å². The highest BCUT2D eigenvalue weighted by Crippen LogP contribution is 2.37. The summed E-state index contributed by atoms with van der Waals surface area (Å²) in [5.74, 6) is 0. The first-order valence-corrected chi connectivity index (χ1v) is 7.54. The first kappa shape index (κ1) is 12.9. The Morgan fingerprint density at radius 1 is 1.22 bits per heavy atom. The van der Waals surface area contributed by atoms with E-state index in [9.17, 15) is 0 Å². The van der Waals surface area contributed by atoms with Gasteiger partial charge in [-0.3, -0.25) is 9.80 Å². The van der Waals surface area contributed by atoms with Gasteiger partial charge in [0.05, 0.1) is 0 Å². The average Bonchev–Trinajstić information content (AvgIpc) is 3.10. The molecule has 1 aliphatic carbocycles. The zero-order valence-electron chi connectivity index (χ0n) is 11.9. The van der Waals surface area contributed by atoms with Crippen molar-refractivity contribution in [2.45, 2.75) is 43.8 Å². The lowest BCUT2D eigenvalue weighted by Crippen LogP contribution is -2.64. The summed E-state index contributed by atoms with van der Waals surface area (Å²) >= 11 is 0. The molecule has 0 aromatic rings. The molecule has 104 valence electrons. The van der Waals surface area contributed by atoms with E-state index in [1.54, 1.807) is 0 Å². The van der Waals surface area contributed by atoms with Crippen molar-refractivity contribution >= 4 is 0 Å². The van der Waals surface area contributed by atoms with Gasteiger partial charge >= 0.3 is 0 Å². The van der Waals surface area contributed by atoms with Crippen molar-refractivity contribution in [2.75, 3.05) is 46.3 Å². The molecule has 2 N–H and O–H groups in total. The maximum Gasteiger partial charge on any atom is 0.0474 e. The molecular weight excluding hydrogens is 224 g/mol. The molecule has 0 aromatic heterocycles. The molecule has 3 fully saturated rings. The Hall–Kier alpha value is -0.160. The van der Waals surface area contributed by atoms with Crippen LogP contribution in [0.2, 0.25) is 0 Å². The number of likely N-dealkylation sites (tertiary alicyclic amines) is 1. The largest absolute Gasteiger partial charge is 0.329 e. The van der Waals surface area contributed by atoms with E-state index in [4.69, 9.17) is 5.73 Å². The van der Waals surface area contributed by atoms with E-state index in [1.165, 1.54) is 52.0 Å². The molecule has 3 aliphatic rings. The lowest BCUT2D eigenvalue weighted by atomic mass is 9.93. The van der Waals surface area contributed by atoms with Gasteiger partial charge in [0.1, 0.15) is 0 Å². The Morgan fingerprint density at radius 2 is 2.00 bits per heavy atom. The third kappa shape index (κ3) is 2.20. The van der Waals surface area contributed by atoms with Gasteiger partial charge in [-0.05, 0) is 33.2 Å². The maximum atomic E-state index is 6.20. The normalized spacial score (nSPS) is 40.5. The topological polar surface area (TPSA) is 35.7 Å². The van der Waals surface area contributed by atoms with Crippen LogP contribution in [-0.4, -0.2) is 78.6 Å². The van der Waals surface area contributed by atoms with Gasteiger partial charge in [-0.15, -0.1) is 0 Å². The minimum Gasteiger partial charge on any atom is -0.329 e. The molecule has 2 unspecified atom stereocenters. The molecule has 2 atom stereocenters. The monoisotopic (exact) mass is 252 g/mol. The molecule has 18 heavy (non-hydrogen) atoms. The number of piperazine rings is 1. The van der Waals surface area contributed by atoms with Crippen LogP contribution in [0.4, 0.5) is 0 Å². The van der Waals surface area contributed by atoms with E-state index < -0.39 is 0 Å². The highest BCUT2D eigenvalue weighted by Gasteiger charge is 2.47. The molecule has 0 aromatic carbocycles. The third-order valence-corrected chi connectivity index (χ3v) is 5.24. The molecule has 0 radical (unpaired) electrons. The Morgan fingerprint density at radius 3 is 2.61 bits per heavy atom. The standard InChI is InChI=1S/C14H28N4/c1-12-9-16(2)7-8-18(12)14(10-15)5-6-17(11-14)13-3-4-13/h12-13H,3-11,15H2,1-2H3. The number of nitrogens with zero attached hydrogens (tertiary/aromatic N) is 3. The van der Waals surface area contributed by atoms with Gasteiger partial charge < -0.3 is 10.6 Å². The number of rotatable bonds is 3. The molecule has 2 saturated heterocycles. The van der Waals surface area contributed by atoms with Gasteiger partial charge in [0.25, 0.3) is 0 Å². The van der Waals surface area contributed by atoms with Crippen LogP contribution >= 0.6 is 0 Å². The van der Waals surface area contributed by atoms with E-state index in [0.29, 0.717) is 6.04 Å². The Bertz CT molecular complexity index is 304. The Labute approximate surface area is 111 Å². The average molecular weight is 252 g/mol. The molecule has 3 rings (SSSR count). The summed E-state index contributed by atoms with van der Waals surface area (Å²) in [7, 11) is 2.23. The van der Waals surface area contributed by atoms with Crippen molar-refractivity contribution in [3.8, 4) is 0 Å². The summed E-state index contributed by atoms with van der Waals surface area (Å²) in [5, 5.41) is 0. The molecule has 4 heteroatoms. The van der Waals surface area contributed by atoms with Crippen LogP contribution in [0, 0.1) is 0 Å². The molecule has 4 nitrogen and oxygen atoms in total. The SMILES string of the molecule is CC1CN(C)CCN1C1(CN)CCN(C2CC2)C1. The number of hydrogen-bond acceptors (Lipinski definition) is 4. The van der Waals surface area contributed by atoms with Crippen LogP contribution in [0.15, 0.2) is 0 Å². The smallest absolute Gasteiger partial charge is 0.0474 e. The second kappa shape index (κ2) is 4.75. The van der Waals surface area contributed by atoms with Crippen LogP contribution < -0.4 is 5.73 Å². The van der Waals surface area contributed by atoms with Crippen LogP contribution in [-0.2, 0) is 0 Å². The lowest BCUT2D eigenvalue weighted by Gasteiger charge is -2.48. The van der Waals surface area contributed by atoms with E-state index in [1.807, 2.05) is 0 Å². The quantitative estimate of drug-likeness (QED) is 0.778. The second-order valence-corrected chi connectivity index (χ2v) is 6.68. The first-order chi connectivity index (χ1) is 8.64. The minimum absolute atomic E-state index is 0.267. The van der Waals surface area contributed by atoms with Crippen molar-refractivity contribution in [3.63, 3.8) is 0 Å². The Kier molecular flexibility index (Phi) is 3.39. The van der Waals surface area contributed by atoms with Crippen molar-refractivity contribution < 1.29 is 0 Å². The fraction of sp³-hybridized carbons (Fsp3) is 1.00. The van der Waals surface area contributed by atoms with E-state index >= 15 is 0 Å². The summed E-state index contributed by atoms with van der Waals surface area (Å²) in [6.45, 7) is 9.23. The number of likely N-dealkylation sites (N-methyl/N-ethyl adjacent to an activating group) is 1. The van der Waals surface area contributed by atoms with Crippen LogP contribution in [0.1, 0.15) is 26.2 Å². The maximum absolute atomic E-state index is 6.20. The van der Waals surface area contributed by atoms with Crippen molar-refractivity contribution in [3.05, 3.63) is 0 Å². The number of hydrogen-bond donors (Lipinski definition) is 1. The molecule has 0 amide bonds. The van der Waals surface area contributed by atoms with E-state index in [2.05, 4.69) is 28.7 Å². The number of nitrogens with two attached hydrogens (primary N) is 1. The molecule has 0 spiro atoms. The summed E-state index contributed by atoms with van der Waals surface area (Å²) in [6.07, 6.45) is 4.10. The zero-order chi connectivity index (χ0) is 12.8. The van der Waals surface area contributed by atoms with E-state index in [-0.39, 0.29) is 5.54 Å². The van der Waals surface area contributed by atoms with Gasteiger partial charge in [-0.2, -0.15) is 0 Å². The van der Waals surface area contributed by atoms with Gasteiger partial charge in [0.2, 0.25) is 0 Å². The summed E-state index contributed by atoms with van der Waals surface area (Å²) in [5.41, 5.74) is 6.46. The minimum atomic E-state index is 0.267. The fourth-order valence-electron chi connectivity index (χ4n) is 4.00. The molecule has 0 bridgehead atoms. The molecule has 2 heterocycles. The Balaban J connectivity index is 1.71. The molecule has 1 saturated carbocycles. The summed E-state index contributed by atoms with van der Waals surface area (Å²) in [6, 6.07) is 1.53. The third-order valence-electron chi connectivity index (χ3n) is 5.24. The van der Waals surface area contributed by atoms with Crippen molar-refractivity contribution in [1.29, 1.82) is 0 Å². The summed E-state index contributed by atoms with van der Waals surface area (Å²) < 4.78 is 0. The zero-order valence-corrected chi connectivity index (χ0v) is 11.9. The fourth-order valence-corrected chi connectivity index (χ4v) is 4.00. The molecule has 2 aliphatic heterocycles. The predicted octanol–water partition coefficient (Wildman–Crippen LogP) is 0.188. The lowest BCUT2D eigenvalue weighted by molar-refractivity contribution is 0.00747. The van der Waals surface area contributed by atoms with Crippen molar-refractivity contribution in [2.24, 2.45) is 5.73 Å². The van der Waals surface area contributed by atoms with E-state index in [0.717, 1.165) is 12.6 Å².